The highest BCUT2D eigenvalue weighted by Crippen LogP contribution is 2.39. The predicted octanol–water partition coefficient (Wildman–Crippen LogP) is 0.757. The number of hydrogen-bond donors (Lipinski definition) is 1. The maximum absolute atomic E-state index is 12.1. The third-order valence-electron chi connectivity index (χ3n) is 3.97. The second-order valence-electron chi connectivity index (χ2n) is 5.47. The lowest BCUT2D eigenvalue weighted by atomic mass is 10.1. The van der Waals surface area contributed by atoms with Gasteiger partial charge in [0.1, 0.15) is 6.54 Å². The van der Waals surface area contributed by atoms with Gasteiger partial charge >= 0.3 is 0 Å². The van der Waals surface area contributed by atoms with Crippen molar-refractivity contribution < 1.29 is 9.53 Å². The van der Waals surface area contributed by atoms with Crippen molar-refractivity contribution in [2.45, 2.75) is 25.4 Å². The first-order valence-corrected chi connectivity index (χ1v) is 7.01. The number of hydrogen-bond acceptors (Lipinski definition) is 3. The van der Waals surface area contributed by atoms with Gasteiger partial charge in [0.15, 0.2) is 0 Å². The van der Waals surface area contributed by atoms with Crippen molar-refractivity contribution in [3.05, 3.63) is 24.0 Å². The van der Waals surface area contributed by atoms with Crippen molar-refractivity contribution in [1.29, 1.82) is 0 Å². The minimum absolute atomic E-state index is 0.139. The summed E-state index contributed by atoms with van der Waals surface area (Å²) in [5.74, 6) is 0.802. The molecule has 104 valence electrons. The average Bonchev–Trinajstić information content (AvgIpc) is 3.19. The molecule has 3 rings (SSSR count). The molecular formula is C14H21N3O2. The molecule has 1 saturated heterocycles. The van der Waals surface area contributed by atoms with Crippen LogP contribution in [0.25, 0.3) is 0 Å². The van der Waals surface area contributed by atoms with Crippen LogP contribution in [0.4, 0.5) is 0 Å². The van der Waals surface area contributed by atoms with Crippen LogP contribution < -0.4 is 5.73 Å². The van der Waals surface area contributed by atoms with Crippen LogP contribution in [0.1, 0.15) is 24.4 Å². The minimum Gasteiger partial charge on any atom is -0.378 e. The lowest BCUT2D eigenvalue weighted by molar-refractivity contribution is -0.135. The monoisotopic (exact) mass is 263 g/mol. The van der Waals surface area contributed by atoms with Gasteiger partial charge in [0.2, 0.25) is 5.91 Å². The molecule has 0 bridgehead atoms. The molecule has 1 atom stereocenters. The van der Waals surface area contributed by atoms with E-state index in [9.17, 15) is 4.79 Å². The largest absolute Gasteiger partial charge is 0.378 e. The highest BCUT2D eigenvalue weighted by atomic mass is 16.5. The Balaban J connectivity index is 1.58. The molecule has 0 radical (unpaired) electrons. The molecule has 1 aliphatic heterocycles. The highest BCUT2D eigenvalue weighted by Gasteiger charge is 2.30. The summed E-state index contributed by atoms with van der Waals surface area (Å²) in [4.78, 5) is 14.0. The Morgan fingerprint density at radius 3 is 2.84 bits per heavy atom. The number of nitrogens with two attached hydrogens (primary N) is 1. The lowest BCUT2D eigenvalue weighted by Gasteiger charge is -2.27. The zero-order valence-electron chi connectivity index (χ0n) is 11.1. The van der Waals surface area contributed by atoms with Crippen LogP contribution in [0.3, 0.4) is 0 Å². The van der Waals surface area contributed by atoms with Gasteiger partial charge < -0.3 is 19.9 Å². The Morgan fingerprint density at radius 1 is 1.42 bits per heavy atom. The Bertz CT molecular complexity index is 447. The van der Waals surface area contributed by atoms with Gasteiger partial charge in [-0.3, -0.25) is 4.79 Å². The van der Waals surface area contributed by atoms with Gasteiger partial charge in [-0.2, -0.15) is 0 Å². The van der Waals surface area contributed by atoms with E-state index in [1.54, 1.807) is 0 Å². The van der Waals surface area contributed by atoms with E-state index in [1.165, 1.54) is 12.8 Å². The predicted molar refractivity (Wildman–Crippen MR) is 71.5 cm³/mol. The minimum atomic E-state index is 0.139. The van der Waals surface area contributed by atoms with Crippen molar-refractivity contribution in [1.82, 2.24) is 9.47 Å². The molecule has 0 aromatic carbocycles. The number of carbonyl (C=O) groups is 1. The van der Waals surface area contributed by atoms with Crippen molar-refractivity contribution in [3.8, 4) is 0 Å². The van der Waals surface area contributed by atoms with Gasteiger partial charge in [-0.25, -0.2) is 0 Å². The van der Waals surface area contributed by atoms with Crippen LogP contribution in [0, 0.1) is 5.92 Å². The average molecular weight is 263 g/mol. The quantitative estimate of drug-likeness (QED) is 0.872. The van der Waals surface area contributed by atoms with E-state index in [0.717, 1.165) is 5.56 Å². The van der Waals surface area contributed by atoms with E-state index in [1.807, 2.05) is 27.9 Å². The molecule has 1 amide bonds. The standard InChI is InChI=1S/C14H21N3O2/c15-14(11-1-2-11)12-3-4-16(9-12)10-13(18)17-5-7-19-8-6-17/h3-4,9,11,14H,1-2,5-8,10,15H2. The summed E-state index contributed by atoms with van der Waals surface area (Å²) in [5.41, 5.74) is 7.31. The topological polar surface area (TPSA) is 60.5 Å². The van der Waals surface area contributed by atoms with Crippen LogP contribution in [-0.2, 0) is 16.1 Å². The van der Waals surface area contributed by atoms with Gasteiger partial charge in [0, 0.05) is 31.5 Å². The van der Waals surface area contributed by atoms with Crippen LogP contribution in [0.2, 0.25) is 0 Å². The molecule has 1 aliphatic carbocycles. The van der Waals surface area contributed by atoms with Gasteiger partial charge in [0.25, 0.3) is 0 Å². The third-order valence-corrected chi connectivity index (χ3v) is 3.97. The van der Waals surface area contributed by atoms with Gasteiger partial charge in [-0.05, 0) is 30.4 Å². The summed E-state index contributed by atoms with van der Waals surface area (Å²) in [6.45, 7) is 3.10. The highest BCUT2D eigenvalue weighted by molar-refractivity contribution is 5.76. The molecule has 1 saturated carbocycles. The molecule has 2 fully saturated rings. The first-order chi connectivity index (χ1) is 9.24. The number of morpholine rings is 1. The molecular weight excluding hydrogens is 242 g/mol. The van der Waals surface area contributed by atoms with Crippen LogP contribution in [-0.4, -0.2) is 41.7 Å². The van der Waals surface area contributed by atoms with Gasteiger partial charge in [-0.1, -0.05) is 0 Å². The van der Waals surface area contributed by atoms with Crippen LogP contribution in [0.5, 0.6) is 0 Å². The first-order valence-electron chi connectivity index (χ1n) is 7.01. The second-order valence-corrected chi connectivity index (χ2v) is 5.47. The van der Waals surface area contributed by atoms with Gasteiger partial charge in [-0.15, -0.1) is 0 Å². The van der Waals surface area contributed by atoms with E-state index in [4.69, 9.17) is 10.5 Å². The maximum Gasteiger partial charge on any atom is 0.242 e. The smallest absolute Gasteiger partial charge is 0.242 e. The normalized spacial score (nSPS) is 21.4. The van der Waals surface area contributed by atoms with Crippen LogP contribution in [0.15, 0.2) is 18.5 Å². The fraction of sp³-hybridized carbons (Fsp3) is 0.643. The molecule has 5 nitrogen and oxygen atoms in total. The van der Waals surface area contributed by atoms with Crippen molar-refractivity contribution in [3.63, 3.8) is 0 Å². The SMILES string of the molecule is NC(c1ccn(CC(=O)N2CCOCC2)c1)C1CC1. The number of aromatic nitrogens is 1. The van der Waals surface area contributed by atoms with E-state index < -0.39 is 0 Å². The molecule has 2 aliphatic rings. The summed E-state index contributed by atoms with van der Waals surface area (Å²) in [6, 6.07) is 2.18. The Hall–Kier alpha value is -1.33. The fourth-order valence-corrected chi connectivity index (χ4v) is 2.55. The van der Waals surface area contributed by atoms with E-state index in [2.05, 4.69) is 0 Å². The third kappa shape index (κ3) is 2.98. The molecule has 2 N–H and O–H groups in total. The summed E-state index contributed by atoms with van der Waals surface area (Å²) < 4.78 is 7.19. The van der Waals surface area contributed by atoms with E-state index in [0.29, 0.717) is 38.8 Å². The zero-order valence-corrected chi connectivity index (χ0v) is 11.1. The number of nitrogens with zero attached hydrogens (tertiary/aromatic N) is 2. The second kappa shape index (κ2) is 5.35. The van der Waals surface area contributed by atoms with Crippen molar-refractivity contribution in [2.75, 3.05) is 26.3 Å². The van der Waals surface area contributed by atoms with Crippen LogP contribution >= 0.6 is 0 Å². The Labute approximate surface area is 113 Å². The summed E-state index contributed by atoms with van der Waals surface area (Å²) in [6.07, 6.45) is 6.44. The molecule has 2 heterocycles. The van der Waals surface area contributed by atoms with Crippen molar-refractivity contribution in [2.24, 2.45) is 11.7 Å². The van der Waals surface area contributed by atoms with E-state index in [-0.39, 0.29) is 11.9 Å². The number of carbonyl (C=O) groups excluding carboxylic acids is 1. The maximum atomic E-state index is 12.1. The number of ether oxygens (including phenoxy) is 1. The molecule has 19 heavy (non-hydrogen) atoms. The molecule has 1 aromatic heterocycles. The van der Waals surface area contributed by atoms with Crippen molar-refractivity contribution >= 4 is 5.91 Å². The Kier molecular flexibility index (Phi) is 3.57. The van der Waals surface area contributed by atoms with Gasteiger partial charge in [0.05, 0.1) is 13.2 Å². The summed E-state index contributed by atoms with van der Waals surface area (Å²) in [7, 11) is 0. The molecule has 0 spiro atoms. The molecule has 1 aromatic rings. The number of amides is 1. The molecule has 1 unspecified atom stereocenters. The zero-order chi connectivity index (χ0) is 13.2. The Morgan fingerprint density at radius 2 is 2.16 bits per heavy atom. The van der Waals surface area contributed by atoms with E-state index >= 15 is 0 Å². The summed E-state index contributed by atoms with van der Waals surface area (Å²) in [5, 5.41) is 0. The lowest BCUT2D eigenvalue weighted by Crippen LogP contribution is -2.42. The summed E-state index contributed by atoms with van der Waals surface area (Å²) >= 11 is 0. The molecule has 5 heteroatoms. The first kappa shape index (κ1) is 12.7. The number of rotatable bonds is 4. The fourth-order valence-electron chi connectivity index (χ4n) is 2.55.